The van der Waals surface area contributed by atoms with E-state index >= 15 is 0 Å². The van der Waals surface area contributed by atoms with Gasteiger partial charge in [0, 0.05) is 10.5 Å². The molecule has 0 bridgehead atoms. The predicted octanol–water partition coefficient (Wildman–Crippen LogP) is 3.21. The summed E-state index contributed by atoms with van der Waals surface area (Å²) in [5.74, 6) is -0.775. The summed E-state index contributed by atoms with van der Waals surface area (Å²) < 4.78 is 6.11. The zero-order valence-electron chi connectivity index (χ0n) is 9.50. The molecule has 2 aromatic rings. The first-order valence-corrected chi connectivity index (χ1v) is 5.97. The number of carbonyl (C=O) groups is 1. The van der Waals surface area contributed by atoms with Crippen LogP contribution in [-0.2, 0) is 0 Å². The first-order valence-electron chi connectivity index (χ1n) is 5.18. The molecule has 1 aromatic heterocycles. The van der Waals surface area contributed by atoms with Crippen molar-refractivity contribution in [2.24, 2.45) is 0 Å². The molecule has 0 saturated heterocycles. The lowest BCUT2D eigenvalue weighted by atomic mass is 10.2. The van der Waals surface area contributed by atoms with Crippen molar-refractivity contribution in [2.75, 3.05) is 0 Å². The zero-order chi connectivity index (χ0) is 13.8. The van der Waals surface area contributed by atoms with Crippen molar-refractivity contribution in [3.8, 4) is 17.7 Å². The minimum Gasteiger partial charge on any atom is -0.478 e. The second-order valence-corrected chi connectivity index (χ2v) is 4.44. The smallest absolute Gasteiger partial charge is 0.339 e. The Balaban J connectivity index is 2.40. The molecule has 1 N–H and O–H groups in total. The number of carboxylic acids is 1. The van der Waals surface area contributed by atoms with Crippen molar-refractivity contribution in [3.05, 3.63) is 52.1 Å². The van der Waals surface area contributed by atoms with Crippen LogP contribution in [-0.4, -0.2) is 16.1 Å². The number of hydrogen-bond acceptors (Lipinski definition) is 4. The average molecular weight is 319 g/mol. The number of ether oxygens (including phenoxy) is 1. The van der Waals surface area contributed by atoms with Gasteiger partial charge in [0.15, 0.2) is 0 Å². The quantitative estimate of drug-likeness (QED) is 0.939. The highest BCUT2D eigenvalue weighted by atomic mass is 79.9. The maximum absolute atomic E-state index is 11.1. The summed E-state index contributed by atoms with van der Waals surface area (Å²) in [5.41, 5.74) is 0.219. The van der Waals surface area contributed by atoms with Gasteiger partial charge in [0.25, 0.3) is 0 Å². The molecule has 0 amide bonds. The van der Waals surface area contributed by atoms with Crippen molar-refractivity contribution >= 4 is 21.9 Å². The lowest BCUT2D eigenvalue weighted by Crippen LogP contribution is -2.00. The standard InChI is InChI=1S/C13H7BrN2O3/c14-8-4-5-10(13(17)18)11(6-8)19-12-3-1-2-9(7-15)16-12/h1-6H,(H,17,18). The van der Waals surface area contributed by atoms with Crippen LogP contribution in [0.1, 0.15) is 16.1 Å². The van der Waals surface area contributed by atoms with E-state index < -0.39 is 5.97 Å². The van der Waals surface area contributed by atoms with Crippen molar-refractivity contribution < 1.29 is 14.6 Å². The lowest BCUT2D eigenvalue weighted by Gasteiger charge is -2.08. The van der Waals surface area contributed by atoms with Crippen LogP contribution < -0.4 is 4.74 Å². The van der Waals surface area contributed by atoms with Gasteiger partial charge in [-0.05, 0) is 24.3 Å². The molecule has 19 heavy (non-hydrogen) atoms. The number of nitriles is 1. The number of carboxylic acid groups (broad SMARTS) is 1. The third kappa shape index (κ3) is 3.09. The third-order valence-corrected chi connectivity index (χ3v) is 2.72. The fourth-order valence-electron chi connectivity index (χ4n) is 1.40. The van der Waals surface area contributed by atoms with Crippen LogP contribution in [0.4, 0.5) is 0 Å². The number of pyridine rings is 1. The number of halogens is 1. The largest absolute Gasteiger partial charge is 0.478 e. The highest BCUT2D eigenvalue weighted by Gasteiger charge is 2.13. The van der Waals surface area contributed by atoms with Gasteiger partial charge in [-0.2, -0.15) is 5.26 Å². The van der Waals surface area contributed by atoms with Crippen LogP contribution in [0.2, 0.25) is 0 Å². The highest BCUT2D eigenvalue weighted by Crippen LogP contribution is 2.27. The number of nitrogens with zero attached hydrogens (tertiary/aromatic N) is 2. The molecule has 0 spiro atoms. The molecule has 0 aliphatic rings. The van der Waals surface area contributed by atoms with Gasteiger partial charge in [-0.1, -0.05) is 22.0 Å². The number of benzene rings is 1. The van der Waals surface area contributed by atoms with E-state index in [9.17, 15) is 4.79 Å². The van der Waals surface area contributed by atoms with E-state index in [0.717, 1.165) is 0 Å². The van der Waals surface area contributed by atoms with Crippen LogP contribution in [0.5, 0.6) is 11.6 Å². The predicted molar refractivity (Wildman–Crippen MR) is 70.1 cm³/mol. The molecule has 1 aromatic carbocycles. The molecule has 0 fully saturated rings. The molecule has 0 radical (unpaired) electrons. The maximum atomic E-state index is 11.1. The van der Waals surface area contributed by atoms with Gasteiger partial charge in [0.05, 0.1) is 0 Å². The summed E-state index contributed by atoms with van der Waals surface area (Å²) in [5, 5.41) is 17.8. The Morgan fingerprint density at radius 3 is 2.84 bits per heavy atom. The maximum Gasteiger partial charge on any atom is 0.339 e. The van der Waals surface area contributed by atoms with E-state index in [1.807, 2.05) is 6.07 Å². The number of aromatic carboxylic acids is 1. The van der Waals surface area contributed by atoms with Crippen LogP contribution in [0.15, 0.2) is 40.9 Å². The fourth-order valence-corrected chi connectivity index (χ4v) is 1.74. The minimum absolute atomic E-state index is 0.0207. The summed E-state index contributed by atoms with van der Waals surface area (Å²) in [4.78, 5) is 15.0. The summed E-state index contributed by atoms with van der Waals surface area (Å²) in [6.45, 7) is 0. The van der Waals surface area contributed by atoms with E-state index in [1.165, 1.54) is 18.2 Å². The topological polar surface area (TPSA) is 83.2 Å². The molecule has 94 valence electrons. The molecule has 0 atom stereocenters. The van der Waals surface area contributed by atoms with Crippen molar-refractivity contribution in [1.29, 1.82) is 5.26 Å². The number of rotatable bonds is 3. The lowest BCUT2D eigenvalue weighted by molar-refractivity contribution is 0.0694. The van der Waals surface area contributed by atoms with E-state index in [4.69, 9.17) is 15.1 Å². The van der Waals surface area contributed by atoms with Gasteiger partial charge >= 0.3 is 5.97 Å². The summed E-state index contributed by atoms with van der Waals surface area (Å²) in [6, 6.07) is 11.1. The third-order valence-electron chi connectivity index (χ3n) is 2.23. The van der Waals surface area contributed by atoms with Crippen LogP contribution >= 0.6 is 15.9 Å². The molecule has 6 heteroatoms. The van der Waals surface area contributed by atoms with E-state index in [-0.39, 0.29) is 22.9 Å². The normalized spacial score (nSPS) is 9.68. The van der Waals surface area contributed by atoms with Crippen LogP contribution in [0, 0.1) is 11.3 Å². The van der Waals surface area contributed by atoms with Crippen molar-refractivity contribution in [3.63, 3.8) is 0 Å². The Labute approximate surface area is 117 Å². The number of aromatic nitrogens is 1. The van der Waals surface area contributed by atoms with Gasteiger partial charge in [-0.25, -0.2) is 9.78 Å². The second kappa shape index (κ2) is 5.50. The first-order chi connectivity index (χ1) is 9.10. The van der Waals surface area contributed by atoms with Gasteiger partial charge in [-0.3, -0.25) is 0 Å². The SMILES string of the molecule is N#Cc1cccc(Oc2cc(Br)ccc2C(=O)O)n1. The molecule has 5 nitrogen and oxygen atoms in total. The molecular formula is C13H7BrN2O3. The molecule has 0 unspecified atom stereocenters. The van der Waals surface area contributed by atoms with Crippen LogP contribution in [0.25, 0.3) is 0 Å². The van der Waals surface area contributed by atoms with E-state index in [2.05, 4.69) is 20.9 Å². The first kappa shape index (κ1) is 13.1. The molecule has 0 aliphatic carbocycles. The average Bonchev–Trinajstić information content (AvgIpc) is 2.38. The Morgan fingerprint density at radius 1 is 1.37 bits per heavy atom. The molecule has 0 saturated carbocycles. The Bertz CT molecular complexity index is 680. The second-order valence-electron chi connectivity index (χ2n) is 3.52. The Kier molecular flexibility index (Phi) is 3.78. The summed E-state index contributed by atoms with van der Waals surface area (Å²) in [7, 11) is 0. The van der Waals surface area contributed by atoms with Gasteiger partial charge in [0.1, 0.15) is 23.1 Å². The van der Waals surface area contributed by atoms with E-state index in [1.54, 1.807) is 18.2 Å². The van der Waals surface area contributed by atoms with Crippen molar-refractivity contribution in [1.82, 2.24) is 4.98 Å². The van der Waals surface area contributed by atoms with Gasteiger partial charge in [-0.15, -0.1) is 0 Å². The summed E-state index contributed by atoms with van der Waals surface area (Å²) in [6.07, 6.45) is 0. The Morgan fingerprint density at radius 2 is 2.16 bits per heavy atom. The zero-order valence-corrected chi connectivity index (χ0v) is 11.1. The highest BCUT2D eigenvalue weighted by molar-refractivity contribution is 9.10. The van der Waals surface area contributed by atoms with Crippen LogP contribution in [0.3, 0.4) is 0 Å². The van der Waals surface area contributed by atoms with Crippen molar-refractivity contribution in [2.45, 2.75) is 0 Å². The number of hydrogen-bond donors (Lipinski definition) is 1. The molecular weight excluding hydrogens is 312 g/mol. The molecule has 0 aliphatic heterocycles. The minimum atomic E-state index is -1.10. The van der Waals surface area contributed by atoms with Gasteiger partial charge < -0.3 is 9.84 Å². The molecule has 1 heterocycles. The van der Waals surface area contributed by atoms with Gasteiger partial charge in [0.2, 0.25) is 5.88 Å². The summed E-state index contributed by atoms with van der Waals surface area (Å²) >= 11 is 3.24. The monoisotopic (exact) mass is 318 g/mol. The van der Waals surface area contributed by atoms with E-state index in [0.29, 0.717) is 4.47 Å². The fraction of sp³-hybridized carbons (Fsp3) is 0. The Hall–Kier alpha value is -2.39. The molecule has 2 rings (SSSR count).